The number of aromatic nitrogens is 3. The molecule has 1 amide bonds. The van der Waals surface area contributed by atoms with E-state index in [4.69, 9.17) is 4.52 Å². The van der Waals surface area contributed by atoms with Gasteiger partial charge in [0.2, 0.25) is 17.6 Å². The van der Waals surface area contributed by atoms with E-state index in [1.807, 2.05) is 29.2 Å². The first-order chi connectivity index (χ1) is 20.0. The maximum Gasteiger partial charge on any atom is 0.417 e. The molecule has 42 heavy (non-hydrogen) atoms. The van der Waals surface area contributed by atoms with E-state index in [1.54, 1.807) is 6.07 Å². The van der Waals surface area contributed by atoms with Crippen LogP contribution in [0, 0.1) is 10.8 Å². The third kappa shape index (κ3) is 4.11. The Labute approximate surface area is 240 Å². The normalized spacial score (nSPS) is 33.1. The van der Waals surface area contributed by atoms with Crippen LogP contribution >= 0.6 is 0 Å². The van der Waals surface area contributed by atoms with Gasteiger partial charge in [-0.15, -0.1) is 0 Å². The number of amides is 1. The van der Waals surface area contributed by atoms with E-state index in [-0.39, 0.29) is 16.7 Å². The summed E-state index contributed by atoms with van der Waals surface area (Å²) in [5.41, 5.74) is -0.606. The molecule has 0 unspecified atom stereocenters. The summed E-state index contributed by atoms with van der Waals surface area (Å²) in [6.07, 6.45) is 4.56. The van der Waals surface area contributed by atoms with Gasteiger partial charge in [-0.3, -0.25) is 9.78 Å². The zero-order chi connectivity index (χ0) is 29.0. The maximum atomic E-state index is 14.5. The first kappa shape index (κ1) is 26.3. The fourth-order valence-corrected chi connectivity index (χ4v) is 8.21. The van der Waals surface area contributed by atoms with Crippen molar-refractivity contribution in [2.75, 3.05) is 11.4 Å². The van der Waals surface area contributed by atoms with Crippen molar-refractivity contribution in [3.05, 3.63) is 59.7 Å². The molecule has 7 saturated carbocycles. The lowest BCUT2D eigenvalue weighted by Crippen LogP contribution is -2.71. The van der Waals surface area contributed by atoms with E-state index in [0.29, 0.717) is 43.4 Å². The number of halogens is 4. The van der Waals surface area contributed by atoms with Crippen molar-refractivity contribution in [1.29, 1.82) is 0 Å². The van der Waals surface area contributed by atoms with Crippen molar-refractivity contribution in [3.63, 3.8) is 0 Å². The minimum atomic E-state index is -4.41. The fourth-order valence-electron chi connectivity index (χ4n) is 8.21. The van der Waals surface area contributed by atoms with Gasteiger partial charge in [0.05, 0.1) is 11.0 Å². The third-order valence-corrected chi connectivity index (χ3v) is 11.0. The van der Waals surface area contributed by atoms with Crippen LogP contribution < -0.4 is 4.90 Å². The van der Waals surface area contributed by atoms with Crippen molar-refractivity contribution in [2.24, 2.45) is 10.8 Å². The van der Waals surface area contributed by atoms with Gasteiger partial charge in [-0.1, -0.05) is 17.3 Å². The number of benzene rings is 1. The molecular formula is C32H32F4N4O2. The predicted octanol–water partition coefficient (Wildman–Crippen LogP) is 7.55. The topological polar surface area (TPSA) is 72.1 Å². The highest BCUT2D eigenvalue weighted by Gasteiger charge is 2.73. The van der Waals surface area contributed by atoms with E-state index >= 15 is 0 Å². The van der Waals surface area contributed by atoms with E-state index in [0.717, 1.165) is 80.6 Å². The second-order valence-corrected chi connectivity index (χ2v) is 13.8. The molecule has 0 saturated heterocycles. The Kier molecular flexibility index (Phi) is 5.41. The number of fused-ring (bicyclic) bond motifs is 3. The van der Waals surface area contributed by atoms with Crippen LogP contribution in [0.4, 0.5) is 23.2 Å². The Balaban J connectivity index is 1.06. The minimum absolute atomic E-state index is 0.00727. The van der Waals surface area contributed by atoms with Crippen LogP contribution in [0.25, 0.3) is 11.4 Å². The third-order valence-electron chi connectivity index (χ3n) is 11.0. The van der Waals surface area contributed by atoms with Crippen molar-refractivity contribution in [2.45, 2.75) is 93.8 Å². The Morgan fingerprint density at radius 2 is 1.71 bits per heavy atom. The zero-order valence-corrected chi connectivity index (χ0v) is 23.2. The number of alkyl halides is 4. The highest BCUT2D eigenvalue weighted by Crippen LogP contribution is 2.70. The molecule has 10 rings (SSSR count). The number of carbonyl (C=O) groups excluding carboxylic acids is 1. The van der Waals surface area contributed by atoms with Gasteiger partial charge < -0.3 is 9.42 Å². The lowest BCUT2D eigenvalue weighted by molar-refractivity contribution is -0.211. The lowest BCUT2D eigenvalue weighted by Gasteiger charge is -2.65. The Morgan fingerprint density at radius 1 is 1.00 bits per heavy atom. The molecule has 2 heterocycles. The van der Waals surface area contributed by atoms with Crippen LogP contribution in [0.15, 0.2) is 47.1 Å². The molecule has 0 aliphatic heterocycles. The second kappa shape index (κ2) is 8.63. The van der Waals surface area contributed by atoms with E-state index in [9.17, 15) is 22.4 Å². The first-order valence-electron chi connectivity index (χ1n) is 15.0. The van der Waals surface area contributed by atoms with Gasteiger partial charge in [0, 0.05) is 41.0 Å². The van der Waals surface area contributed by atoms with Crippen LogP contribution in [-0.4, -0.2) is 33.2 Å². The molecule has 0 N–H and O–H groups in total. The fraction of sp³-hybridized carbons (Fsp3) is 0.562. The number of anilines is 1. The molecule has 6 nitrogen and oxygen atoms in total. The van der Waals surface area contributed by atoms with Gasteiger partial charge in [-0.05, 0) is 100 Å². The number of pyridine rings is 1. The number of hydrogen-bond acceptors (Lipinski definition) is 5. The number of nitrogens with zero attached hydrogens (tertiary/aromatic N) is 4. The summed E-state index contributed by atoms with van der Waals surface area (Å²) in [5.74, 6) is 1.49. The molecule has 220 valence electrons. The van der Waals surface area contributed by atoms with Crippen LogP contribution in [0.3, 0.4) is 0 Å². The molecule has 7 aliphatic rings. The average Bonchev–Trinajstić information content (AvgIpc) is 3.70. The SMILES string of the molecule is O=C(N(CC12CCC(c3ccc(C(F)(F)F)cn3)(CC1)CC2)c1cccc(-c2noc(C3CC3)n2)c1)C12CC(F)(C1)C2. The Morgan fingerprint density at radius 3 is 2.31 bits per heavy atom. The highest BCUT2D eigenvalue weighted by atomic mass is 19.4. The summed E-state index contributed by atoms with van der Waals surface area (Å²) in [4.78, 5) is 24.9. The van der Waals surface area contributed by atoms with E-state index in [2.05, 4.69) is 15.1 Å². The molecule has 0 spiro atoms. The average molecular weight is 581 g/mol. The predicted molar refractivity (Wildman–Crippen MR) is 145 cm³/mol. The van der Waals surface area contributed by atoms with Crippen molar-refractivity contribution < 1.29 is 26.9 Å². The van der Waals surface area contributed by atoms with Gasteiger partial charge in [0.25, 0.3) is 0 Å². The van der Waals surface area contributed by atoms with Crippen molar-refractivity contribution in [3.8, 4) is 11.4 Å². The molecule has 2 aromatic heterocycles. The van der Waals surface area contributed by atoms with Gasteiger partial charge in [0.15, 0.2) is 0 Å². The number of hydrogen-bond donors (Lipinski definition) is 0. The molecular weight excluding hydrogens is 548 g/mol. The highest BCUT2D eigenvalue weighted by molar-refractivity contribution is 6.00. The molecule has 7 fully saturated rings. The monoisotopic (exact) mass is 580 g/mol. The second-order valence-electron chi connectivity index (χ2n) is 13.8. The summed E-state index contributed by atoms with van der Waals surface area (Å²) in [6.45, 7) is 0.534. The van der Waals surface area contributed by atoms with Crippen LogP contribution in [-0.2, 0) is 16.4 Å². The van der Waals surface area contributed by atoms with Crippen LogP contribution in [0.5, 0.6) is 0 Å². The lowest BCUT2D eigenvalue weighted by atomic mass is 9.41. The molecule has 7 aliphatic carbocycles. The molecule has 4 bridgehead atoms. The number of carbonyl (C=O) groups is 1. The summed E-state index contributed by atoms with van der Waals surface area (Å²) in [6, 6.07) is 10.4. The van der Waals surface area contributed by atoms with E-state index < -0.39 is 22.8 Å². The summed E-state index contributed by atoms with van der Waals surface area (Å²) < 4.78 is 59.4. The standard InChI is InChI=1S/C32H32F4N4O2/c33-31-16-30(17-31,18-31)27(41)40(23-3-1-2-21(14-23)25-38-26(42-39-25)20-4-5-20)19-28-8-11-29(12-9-28,13-10-28)24-7-6-22(15-37-24)32(34,35)36/h1-3,6-7,14-15,20H,4-5,8-13,16-19H2. The van der Waals surface area contributed by atoms with Gasteiger partial charge in [-0.25, -0.2) is 4.39 Å². The molecule has 1 aromatic carbocycles. The van der Waals surface area contributed by atoms with Crippen molar-refractivity contribution >= 4 is 11.6 Å². The van der Waals surface area contributed by atoms with Crippen LogP contribution in [0.2, 0.25) is 0 Å². The molecule has 3 aromatic rings. The Hall–Kier alpha value is -3.30. The molecule has 0 atom stereocenters. The zero-order valence-electron chi connectivity index (χ0n) is 23.2. The van der Waals surface area contributed by atoms with Crippen molar-refractivity contribution in [1.82, 2.24) is 15.1 Å². The largest absolute Gasteiger partial charge is 0.417 e. The summed E-state index contributed by atoms with van der Waals surface area (Å²) in [7, 11) is 0. The molecule has 0 radical (unpaired) electrons. The van der Waals surface area contributed by atoms with Crippen LogP contribution in [0.1, 0.15) is 93.7 Å². The Bertz CT molecular complexity index is 1520. The smallest absolute Gasteiger partial charge is 0.339 e. The number of rotatable bonds is 7. The molecule has 10 heteroatoms. The first-order valence-corrected chi connectivity index (χ1v) is 15.0. The van der Waals surface area contributed by atoms with Gasteiger partial charge >= 0.3 is 6.18 Å². The van der Waals surface area contributed by atoms with Gasteiger partial charge in [0.1, 0.15) is 5.67 Å². The van der Waals surface area contributed by atoms with Gasteiger partial charge in [-0.2, -0.15) is 18.2 Å². The minimum Gasteiger partial charge on any atom is -0.339 e. The maximum absolute atomic E-state index is 14.5. The van der Waals surface area contributed by atoms with E-state index in [1.165, 1.54) is 0 Å². The summed E-state index contributed by atoms with van der Waals surface area (Å²) >= 11 is 0. The summed E-state index contributed by atoms with van der Waals surface area (Å²) in [5, 5.41) is 4.19. The quantitative estimate of drug-likeness (QED) is 0.270.